The van der Waals surface area contributed by atoms with Gasteiger partial charge in [0.05, 0.1) is 12.6 Å². The number of amides is 1. The van der Waals surface area contributed by atoms with E-state index in [2.05, 4.69) is 5.32 Å². The van der Waals surface area contributed by atoms with E-state index < -0.39 is 24.1 Å². The molecule has 0 radical (unpaired) electrons. The number of ether oxygens (including phenoxy) is 1. The van der Waals surface area contributed by atoms with Gasteiger partial charge in [-0.15, -0.1) is 0 Å². The van der Waals surface area contributed by atoms with Crippen LogP contribution in [-0.4, -0.2) is 59.1 Å². The standard InChI is InChI=1S/C25H36N2O5/c1-3-32-24(31)20(13-12-19-10-6-4-7-11-19)26-18(2)22(28)27-17-25(14-8-5-9-15-25)16-21(27)23(29)30/h4,6-7,10-11,18,20-21,26H,3,5,8-9,12-17H2,1-2H3,(H,29,30)/t18?,20-,21-/m0/s1. The predicted octanol–water partition coefficient (Wildman–Crippen LogP) is 3.17. The summed E-state index contributed by atoms with van der Waals surface area (Å²) in [5, 5.41) is 12.9. The third kappa shape index (κ3) is 5.88. The highest BCUT2D eigenvalue weighted by molar-refractivity contribution is 5.88. The molecule has 1 aromatic rings. The monoisotopic (exact) mass is 444 g/mol. The Labute approximate surface area is 190 Å². The van der Waals surface area contributed by atoms with Crippen LogP contribution in [0.25, 0.3) is 0 Å². The first-order valence-corrected chi connectivity index (χ1v) is 11.8. The van der Waals surface area contributed by atoms with Crippen LogP contribution in [0.15, 0.2) is 30.3 Å². The first kappa shape index (κ1) is 24.2. The van der Waals surface area contributed by atoms with E-state index in [0.29, 0.717) is 25.8 Å². The van der Waals surface area contributed by atoms with Crippen LogP contribution in [-0.2, 0) is 25.5 Å². The van der Waals surface area contributed by atoms with Crippen LogP contribution in [0.4, 0.5) is 0 Å². The van der Waals surface area contributed by atoms with Crippen LogP contribution >= 0.6 is 0 Å². The maximum absolute atomic E-state index is 13.3. The van der Waals surface area contributed by atoms with Crippen LogP contribution in [0.1, 0.15) is 64.4 Å². The molecule has 2 fully saturated rings. The molecule has 32 heavy (non-hydrogen) atoms. The topological polar surface area (TPSA) is 95.9 Å². The number of hydrogen-bond acceptors (Lipinski definition) is 5. The number of carboxylic acids is 1. The van der Waals surface area contributed by atoms with E-state index in [-0.39, 0.29) is 23.9 Å². The van der Waals surface area contributed by atoms with Gasteiger partial charge in [-0.2, -0.15) is 0 Å². The van der Waals surface area contributed by atoms with E-state index in [4.69, 9.17) is 4.74 Å². The molecule has 1 saturated carbocycles. The molecule has 1 unspecified atom stereocenters. The minimum absolute atomic E-state index is 0.0788. The molecule has 3 rings (SSSR count). The molecular weight excluding hydrogens is 408 g/mol. The maximum atomic E-state index is 13.3. The highest BCUT2D eigenvalue weighted by Crippen LogP contribution is 2.46. The average molecular weight is 445 g/mol. The fourth-order valence-corrected chi connectivity index (χ4v) is 5.26. The second kappa shape index (κ2) is 10.9. The van der Waals surface area contributed by atoms with Gasteiger partial charge in [0.1, 0.15) is 12.1 Å². The molecule has 1 aliphatic carbocycles. The van der Waals surface area contributed by atoms with Gasteiger partial charge in [0.25, 0.3) is 0 Å². The van der Waals surface area contributed by atoms with Crippen molar-refractivity contribution in [1.82, 2.24) is 10.2 Å². The van der Waals surface area contributed by atoms with Crippen molar-refractivity contribution in [1.29, 1.82) is 0 Å². The third-order valence-corrected chi connectivity index (χ3v) is 6.95. The molecule has 1 spiro atoms. The fourth-order valence-electron chi connectivity index (χ4n) is 5.26. The number of carboxylic acid groups (broad SMARTS) is 1. The number of aryl methyl sites for hydroxylation is 1. The van der Waals surface area contributed by atoms with Gasteiger partial charge in [0.2, 0.25) is 5.91 Å². The summed E-state index contributed by atoms with van der Waals surface area (Å²) in [6.07, 6.45) is 6.99. The average Bonchev–Trinajstić information content (AvgIpc) is 3.16. The van der Waals surface area contributed by atoms with Gasteiger partial charge < -0.3 is 14.7 Å². The molecule has 7 heteroatoms. The van der Waals surface area contributed by atoms with E-state index in [1.165, 1.54) is 11.3 Å². The summed E-state index contributed by atoms with van der Waals surface area (Å²) >= 11 is 0. The van der Waals surface area contributed by atoms with Crippen molar-refractivity contribution in [3.8, 4) is 0 Å². The van der Waals surface area contributed by atoms with E-state index in [1.54, 1.807) is 13.8 Å². The molecule has 2 N–H and O–H groups in total. The van der Waals surface area contributed by atoms with Crippen molar-refractivity contribution < 1.29 is 24.2 Å². The van der Waals surface area contributed by atoms with E-state index in [9.17, 15) is 19.5 Å². The van der Waals surface area contributed by atoms with Crippen LogP contribution in [0.2, 0.25) is 0 Å². The van der Waals surface area contributed by atoms with Gasteiger partial charge in [0.15, 0.2) is 0 Å². The third-order valence-electron chi connectivity index (χ3n) is 6.95. The summed E-state index contributed by atoms with van der Waals surface area (Å²) in [7, 11) is 0. The molecule has 1 saturated heterocycles. The first-order chi connectivity index (χ1) is 15.3. The Kier molecular flexibility index (Phi) is 8.29. The molecule has 7 nitrogen and oxygen atoms in total. The molecular formula is C25H36N2O5. The zero-order valence-corrected chi connectivity index (χ0v) is 19.2. The number of likely N-dealkylation sites (tertiary alicyclic amines) is 1. The van der Waals surface area contributed by atoms with Crippen molar-refractivity contribution in [2.75, 3.05) is 13.2 Å². The molecule has 2 aliphatic rings. The van der Waals surface area contributed by atoms with Crippen molar-refractivity contribution in [2.24, 2.45) is 5.41 Å². The second-order valence-corrected chi connectivity index (χ2v) is 9.30. The highest BCUT2D eigenvalue weighted by Gasteiger charge is 2.49. The molecule has 0 aromatic heterocycles. The highest BCUT2D eigenvalue weighted by atomic mass is 16.5. The quantitative estimate of drug-likeness (QED) is 0.568. The number of nitrogens with zero attached hydrogens (tertiary/aromatic N) is 1. The van der Waals surface area contributed by atoms with Gasteiger partial charge in [-0.3, -0.25) is 14.9 Å². The minimum Gasteiger partial charge on any atom is -0.480 e. The predicted molar refractivity (Wildman–Crippen MR) is 121 cm³/mol. The number of nitrogens with one attached hydrogen (secondary N) is 1. The van der Waals surface area contributed by atoms with Crippen LogP contribution in [0.5, 0.6) is 0 Å². The summed E-state index contributed by atoms with van der Waals surface area (Å²) in [6, 6.07) is 7.74. The Morgan fingerprint density at radius 3 is 2.50 bits per heavy atom. The Hall–Kier alpha value is -2.41. The van der Waals surface area contributed by atoms with Crippen LogP contribution in [0.3, 0.4) is 0 Å². The van der Waals surface area contributed by atoms with E-state index in [0.717, 1.165) is 31.2 Å². The molecule has 1 aliphatic heterocycles. The fraction of sp³-hybridized carbons (Fsp3) is 0.640. The SMILES string of the molecule is CCOC(=O)[C@H](CCc1ccccc1)NC(C)C(=O)N1CC2(CCCCC2)C[C@H]1C(=O)O. The van der Waals surface area contributed by atoms with Crippen molar-refractivity contribution in [3.63, 3.8) is 0 Å². The molecule has 3 atom stereocenters. The lowest BCUT2D eigenvalue weighted by Crippen LogP contribution is -2.53. The number of carbonyl (C=O) groups is 3. The number of rotatable bonds is 9. The lowest BCUT2D eigenvalue weighted by molar-refractivity contribution is -0.150. The number of hydrogen-bond donors (Lipinski definition) is 2. The minimum atomic E-state index is -0.945. The molecule has 1 aromatic carbocycles. The van der Waals surface area contributed by atoms with Gasteiger partial charge in [0, 0.05) is 6.54 Å². The lowest BCUT2D eigenvalue weighted by Gasteiger charge is -2.33. The second-order valence-electron chi connectivity index (χ2n) is 9.30. The Balaban J connectivity index is 1.68. The summed E-state index contributed by atoms with van der Waals surface area (Å²) in [4.78, 5) is 39.4. The Morgan fingerprint density at radius 2 is 1.88 bits per heavy atom. The van der Waals surface area contributed by atoms with Gasteiger partial charge >= 0.3 is 11.9 Å². The summed E-state index contributed by atoms with van der Waals surface area (Å²) in [5.41, 5.74) is 1.03. The van der Waals surface area contributed by atoms with Crippen molar-refractivity contribution in [2.45, 2.75) is 83.3 Å². The zero-order chi connectivity index (χ0) is 23.1. The maximum Gasteiger partial charge on any atom is 0.326 e. The summed E-state index contributed by atoms with van der Waals surface area (Å²) in [6.45, 7) is 4.22. The molecule has 1 amide bonds. The number of esters is 1. The van der Waals surface area contributed by atoms with Gasteiger partial charge in [-0.25, -0.2) is 4.79 Å². The first-order valence-electron chi connectivity index (χ1n) is 11.8. The van der Waals surface area contributed by atoms with E-state index in [1.807, 2.05) is 30.3 Å². The normalized spacial score (nSPS) is 21.8. The smallest absolute Gasteiger partial charge is 0.326 e. The summed E-state index contributed by atoms with van der Waals surface area (Å²) < 4.78 is 5.23. The van der Waals surface area contributed by atoms with Gasteiger partial charge in [-0.05, 0) is 56.9 Å². The Bertz CT molecular complexity index is 791. The number of carbonyl (C=O) groups excluding carboxylic acids is 2. The van der Waals surface area contributed by atoms with E-state index >= 15 is 0 Å². The van der Waals surface area contributed by atoms with Crippen molar-refractivity contribution >= 4 is 17.8 Å². The number of aliphatic carboxylic acids is 1. The van der Waals surface area contributed by atoms with Crippen molar-refractivity contribution in [3.05, 3.63) is 35.9 Å². The van der Waals surface area contributed by atoms with Gasteiger partial charge in [-0.1, -0.05) is 49.6 Å². The lowest BCUT2D eigenvalue weighted by atomic mass is 9.73. The summed E-state index contributed by atoms with van der Waals surface area (Å²) in [5.74, 6) is -1.59. The van der Waals surface area contributed by atoms with Crippen LogP contribution in [0, 0.1) is 5.41 Å². The van der Waals surface area contributed by atoms with Crippen LogP contribution < -0.4 is 5.32 Å². The number of benzene rings is 1. The molecule has 1 heterocycles. The molecule has 0 bridgehead atoms. The largest absolute Gasteiger partial charge is 0.480 e. The molecule has 176 valence electrons. The Morgan fingerprint density at radius 1 is 1.19 bits per heavy atom. The zero-order valence-electron chi connectivity index (χ0n) is 19.2.